The molecule has 0 saturated carbocycles. The van der Waals surface area contributed by atoms with Gasteiger partial charge in [-0.1, -0.05) is 0 Å². The topological polar surface area (TPSA) is 72.1 Å². The second-order valence-corrected chi connectivity index (χ2v) is 3.53. The third-order valence-electron chi connectivity index (χ3n) is 2.29. The number of aromatic nitrogens is 2. The van der Waals surface area contributed by atoms with E-state index in [0.29, 0.717) is 11.3 Å². The van der Waals surface area contributed by atoms with Crippen LogP contribution >= 0.6 is 0 Å². The van der Waals surface area contributed by atoms with Gasteiger partial charge in [0, 0.05) is 11.6 Å². The molecule has 6 heteroatoms. The minimum Gasteiger partial charge on any atom is -0.465 e. The SMILES string of the molecule is COC(=O)c1cc(F)cc(-c2ccc(=O)[nH]n2)c1. The molecule has 0 aliphatic heterocycles. The van der Waals surface area contributed by atoms with Gasteiger partial charge < -0.3 is 4.74 Å². The Morgan fingerprint density at radius 3 is 2.72 bits per heavy atom. The normalized spacial score (nSPS) is 10.1. The molecule has 0 radical (unpaired) electrons. The highest BCUT2D eigenvalue weighted by Crippen LogP contribution is 2.19. The molecule has 1 heterocycles. The number of methoxy groups -OCH3 is 1. The highest BCUT2D eigenvalue weighted by molar-refractivity contribution is 5.90. The molecule has 2 rings (SSSR count). The third-order valence-corrected chi connectivity index (χ3v) is 2.29. The molecule has 0 aliphatic rings. The molecule has 0 atom stereocenters. The first-order valence-electron chi connectivity index (χ1n) is 5.05. The first kappa shape index (κ1) is 12.0. The van der Waals surface area contributed by atoms with E-state index >= 15 is 0 Å². The van der Waals surface area contributed by atoms with Gasteiger partial charge in [0.1, 0.15) is 5.82 Å². The molecule has 0 aliphatic carbocycles. The number of rotatable bonds is 2. The van der Waals surface area contributed by atoms with E-state index in [9.17, 15) is 14.0 Å². The van der Waals surface area contributed by atoms with Crippen molar-refractivity contribution in [3.63, 3.8) is 0 Å². The van der Waals surface area contributed by atoms with E-state index in [0.717, 1.165) is 6.07 Å². The summed E-state index contributed by atoms with van der Waals surface area (Å²) in [5.74, 6) is -1.22. The number of nitrogens with zero attached hydrogens (tertiary/aromatic N) is 1. The zero-order chi connectivity index (χ0) is 13.1. The smallest absolute Gasteiger partial charge is 0.337 e. The van der Waals surface area contributed by atoms with Gasteiger partial charge in [-0.3, -0.25) is 4.79 Å². The number of hydrogen-bond donors (Lipinski definition) is 1. The number of carbonyl (C=O) groups excluding carboxylic acids is 1. The van der Waals surface area contributed by atoms with Crippen molar-refractivity contribution in [3.8, 4) is 11.3 Å². The van der Waals surface area contributed by atoms with Gasteiger partial charge in [0.25, 0.3) is 5.56 Å². The summed E-state index contributed by atoms with van der Waals surface area (Å²) in [7, 11) is 1.21. The van der Waals surface area contributed by atoms with E-state index in [1.54, 1.807) is 0 Å². The molecule has 0 spiro atoms. The fraction of sp³-hybridized carbons (Fsp3) is 0.0833. The van der Waals surface area contributed by atoms with E-state index in [4.69, 9.17) is 0 Å². The Morgan fingerprint density at radius 2 is 2.11 bits per heavy atom. The maximum atomic E-state index is 13.4. The van der Waals surface area contributed by atoms with Crippen molar-refractivity contribution >= 4 is 5.97 Å². The fourth-order valence-corrected chi connectivity index (χ4v) is 1.48. The molecular weight excluding hydrogens is 239 g/mol. The zero-order valence-corrected chi connectivity index (χ0v) is 9.44. The third kappa shape index (κ3) is 2.42. The van der Waals surface area contributed by atoms with Gasteiger partial charge in [-0.2, -0.15) is 5.10 Å². The van der Waals surface area contributed by atoms with Crippen LogP contribution in [0.2, 0.25) is 0 Å². The first-order chi connectivity index (χ1) is 8.60. The molecule has 1 aromatic carbocycles. The monoisotopic (exact) mass is 248 g/mol. The highest BCUT2D eigenvalue weighted by Gasteiger charge is 2.10. The van der Waals surface area contributed by atoms with Crippen LogP contribution in [0, 0.1) is 5.82 Å². The van der Waals surface area contributed by atoms with Crippen LogP contribution in [-0.4, -0.2) is 23.3 Å². The Balaban J connectivity index is 2.51. The Kier molecular flexibility index (Phi) is 3.18. The lowest BCUT2D eigenvalue weighted by molar-refractivity contribution is 0.0600. The van der Waals surface area contributed by atoms with Crippen molar-refractivity contribution in [1.82, 2.24) is 10.2 Å². The van der Waals surface area contributed by atoms with Crippen molar-refractivity contribution in [3.05, 3.63) is 52.1 Å². The summed E-state index contributed by atoms with van der Waals surface area (Å²) in [5, 5.41) is 6.00. The molecule has 0 saturated heterocycles. The molecule has 0 unspecified atom stereocenters. The van der Waals surface area contributed by atoms with Gasteiger partial charge in [0.2, 0.25) is 0 Å². The molecule has 18 heavy (non-hydrogen) atoms. The lowest BCUT2D eigenvalue weighted by atomic mass is 10.1. The van der Waals surface area contributed by atoms with Crippen LogP contribution in [0.1, 0.15) is 10.4 Å². The largest absolute Gasteiger partial charge is 0.465 e. The maximum absolute atomic E-state index is 13.4. The molecule has 0 bridgehead atoms. The summed E-state index contributed by atoms with van der Waals surface area (Å²) >= 11 is 0. The van der Waals surface area contributed by atoms with E-state index in [1.165, 1.54) is 31.4 Å². The molecule has 2 aromatic rings. The predicted octanol–water partition coefficient (Wildman–Crippen LogP) is 1.36. The highest BCUT2D eigenvalue weighted by atomic mass is 19.1. The molecular formula is C12H9FN2O3. The molecule has 5 nitrogen and oxygen atoms in total. The Hall–Kier alpha value is -2.50. The van der Waals surface area contributed by atoms with Gasteiger partial charge in [-0.15, -0.1) is 0 Å². The summed E-state index contributed by atoms with van der Waals surface area (Å²) in [6, 6.07) is 6.43. The predicted molar refractivity (Wildman–Crippen MR) is 61.6 cm³/mol. The minimum atomic E-state index is -0.639. The second kappa shape index (κ2) is 4.79. The van der Waals surface area contributed by atoms with Crippen molar-refractivity contribution in [2.24, 2.45) is 0 Å². The minimum absolute atomic E-state index is 0.0838. The van der Waals surface area contributed by atoms with E-state index in [2.05, 4.69) is 14.9 Å². The van der Waals surface area contributed by atoms with Crippen LogP contribution in [0.5, 0.6) is 0 Å². The van der Waals surface area contributed by atoms with Crippen molar-refractivity contribution in [2.75, 3.05) is 7.11 Å². The Labute approximate surface area is 101 Å². The average molecular weight is 248 g/mol. The summed E-state index contributed by atoms with van der Waals surface area (Å²) in [5.41, 5.74) is 0.467. The lowest BCUT2D eigenvalue weighted by Crippen LogP contribution is -2.06. The number of H-pyrrole nitrogens is 1. The first-order valence-corrected chi connectivity index (χ1v) is 5.05. The zero-order valence-electron chi connectivity index (χ0n) is 9.44. The van der Waals surface area contributed by atoms with E-state index in [1.807, 2.05) is 0 Å². The summed E-state index contributed by atoms with van der Waals surface area (Å²) < 4.78 is 17.9. The quantitative estimate of drug-likeness (QED) is 0.814. The second-order valence-electron chi connectivity index (χ2n) is 3.53. The van der Waals surface area contributed by atoms with E-state index in [-0.39, 0.29) is 11.1 Å². The van der Waals surface area contributed by atoms with Gasteiger partial charge in [-0.05, 0) is 24.3 Å². The van der Waals surface area contributed by atoms with Crippen LogP contribution in [0.4, 0.5) is 4.39 Å². The van der Waals surface area contributed by atoms with Gasteiger partial charge in [0.15, 0.2) is 0 Å². The number of benzene rings is 1. The molecule has 0 amide bonds. The van der Waals surface area contributed by atoms with Crippen LogP contribution in [0.25, 0.3) is 11.3 Å². The van der Waals surface area contributed by atoms with Crippen molar-refractivity contribution in [1.29, 1.82) is 0 Å². The lowest BCUT2D eigenvalue weighted by Gasteiger charge is -2.04. The number of carbonyl (C=O) groups is 1. The summed E-state index contributed by atoms with van der Waals surface area (Å²) in [4.78, 5) is 22.2. The van der Waals surface area contributed by atoms with Gasteiger partial charge in [0.05, 0.1) is 18.4 Å². The van der Waals surface area contributed by atoms with Crippen LogP contribution in [0.15, 0.2) is 35.1 Å². The summed E-state index contributed by atoms with van der Waals surface area (Å²) in [6.07, 6.45) is 0. The summed E-state index contributed by atoms with van der Waals surface area (Å²) in [6.45, 7) is 0. The van der Waals surface area contributed by atoms with Crippen LogP contribution < -0.4 is 5.56 Å². The molecule has 1 aromatic heterocycles. The fourth-order valence-electron chi connectivity index (χ4n) is 1.48. The van der Waals surface area contributed by atoms with Crippen molar-refractivity contribution in [2.45, 2.75) is 0 Å². The average Bonchev–Trinajstić information content (AvgIpc) is 2.38. The number of ether oxygens (including phenoxy) is 1. The van der Waals surface area contributed by atoms with Gasteiger partial charge in [-0.25, -0.2) is 14.3 Å². The molecule has 1 N–H and O–H groups in total. The van der Waals surface area contributed by atoms with E-state index < -0.39 is 11.8 Å². The van der Waals surface area contributed by atoms with Crippen molar-refractivity contribution < 1.29 is 13.9 Å². The molecule has 0 fully saturated rings. The number of halogens is 1. The van der Waals surface area contributed by atoms with Crippen LogP contribution in [-0.2, 0) is 4.74 Å². The Bertz CT molecular complexity index is 632. The number of esters is 1. The van der Waals surface area contributed by atoms with Crippen LogP contribution in [0.3, 0.4) is 0 Å². The van der Waals surface area contributed by atoms with Gasteiger partial charge >= 0.3 is 5.97 Å². The Morgan fingerprint density at radius 1 is 1.33 bits per heavy atom. The number of nitrogens with one attached hydrogen (secondary N) is 1. The number of aromatic amines is 1. The molecule has 92 valence electrons. The standard InChI is InChI=1S/C12H9FN2O3/c1-18-12(17)8-4-7(5-9(13)6-8)10-2-3-11(16)15-14-10/h2-6H,1H3,(H,15,16). The number of hydrogen-bond acceptors (Lipinski definition) is 4. The maximum Gasteiger partial charge on any atom is 0.337 e.